The van der Waals surface area contributed by atoms with Crippen molar-refractivity contribution < 1.29 is 14.4 Å². The molecule has 5 nitrogen and oxygen atoms in total. The smallest absolute Gasteiger partial charge is 0.256 e. The Balaban J connectivity index is 2.08. The first kappa shape index (κ1) is 17.5. The van der Waals surface area contributed by atoms with Crippen molar-refractivity contribution in [3.05, 3.63) is 40.6 Å². The molecule has 0 saturated carbocycles. The molecule has 0 aliphatic carbocycles. The quantitative estimate of drug-likeness (QED) is 0.854. The van der Waals surface area contributed by atoms with Gasteiger partial charge in [-0.05, 0) is 37.8 Å². The Morgan fingerprint density at radius 2 is 2.04 bits per heavy atom. The summed E-state index contributed by atoms with van der Waals surface area (Å²) in [5.41, 5.74) is 3.17. The summed E-state index contributed by atoms with van der Waals surface area (Å²) in [6.45, 7) is 5.62. The Bertz CT molecular complexity index is 753. The molecule has 0 unspecified atom stereocenters. The fourth-order valence-corrected chi connectivity index (χ4v) is 3.66. The fourth-order valence-electron chi connectivity index (χ4n) is 3.66. The molecule has 1 spiro atoms. The van der Waals surface area contributed by atoms with Crippen LogP contribution in [0.1, 0.15) is 29.5 Å². The van der Waals surface area contributed by atoms with E-state index in [4.69, 9.17) is 16.0 Å². The molecule has 0 aromatic heterocycles. The average Bonchev–Trinajstić information content (AvgIpc) is 2.87. The van der Waals surface area contributed by atoms with Gasteiger partial charge in [-0.1, -0.05) is 29.7 Å². The molecule has 3 rings (SSSR count). The van der Waals surface area contributed by atoms with Crippen LogP contribution in [-0.2, 0) is 14.4 Å². The van der Waals surface area contributed by atoms with Gasteiger partial charge in [-0.3, -0.25) is 4.79 Å². The summed E-state index contributed by atoms with van der Waals surface area (Å²) in [7, 11) is 1.67. The van der Waals surface area contributed by atoms with Gasteiger partial charge in [0.1, 0.15) is 17.9 Å². The zero-order valence-electron chi connectivity index (χ0n) is 15.0. The van der Waals surface area contributed by atoms with Crippen LogP contribution in [0.5, 0.6) is 0 Å². The first-order valence-electron chi connectivity index (χ1n) is 8.51. The first-order chi connectivity index (χ1) is 12.0. The molecule has 1 fully saturated rings. The third-order valence-electron chi connectivity index (χ3n) is 5.04. The number of rotatable bonds is 4. The van der Waals surface area contributed by atoms with E-state index in [1.54, 1.807) is 7.11 Å². The number of hydroxylamine groups is 2. The molecular weight excluding hydrogens is 316 g/mol. The second-order valence-electron chi connectivity index (χ2n) is 6.66. The number of hydrogen-bond donors (Lipinski definition) is 1. The number of piperidine rings is 1. The number of hydrogen-bond acceptors (Lipinski definition) is 4. The van der Waals surface area contributed by atoms with Crippen LogP contribution in [-0.4, -0.2) is 43.3 Å². The van der Waals surface area contributed by atoms with E-state index in [0.717, 1.165) is 42.6 Å². The molecule has 5 heteroatoms. The van der Waals surface area contributed by atoms with Crippen molar-refractivity contribution in [2.75, 3.05) is 26.8 Å². The monoisotopic (exact) mass is 340 g/mol. The number of nitrogens with one attached hydrogen (secondary N) is 1. The lowest BCUT2D eigenvalue weighted by molar-refractivity contribution is -0.152. The molecular formula is C20H24N2O3. The molecule has 2 aliphatic heterocycles. The molecule has 1 aromatic carbocycles. The highest BCUT2D eigenvalue weighted by Crippen LogP contribution is 2.41. The number of aryl methyl sites for hydroxylation is 2. The topological polar surface area (TPSA) is 50.8 Å². The van der Waals surface area contributed by atoms with Crippen LogP contribution in [0.4, 0.5) is 0 Å². The number of nitrogens with zero attached hydrogens (tertiary/aromatic N) is 1. The van der Waals surface area contributed by atoms with Crippen molar-refractivity contribution in [3.63, 3.8) is 0 Å². The Kier molecular flexibility index (Phi) is 4.85. The van der Waals surface area contributed by atoms with Crippen LogP contribution in [0.2, 0.25) is 0 Å². The van der Waals surface area contributed by atoms with Crippen molar-refractivity contribution >= 4 is 11.5 Å². The first-order valence-corrected chi connectivity index (χ1v) is 8.51. The van der Waals surface area contributed by atoms with Crippen LogP contribution in [0.15, 0.2) is 24.0 Å². The SMILES string of the molecule is C#CCOC1=C(c2cc(C)ccc2C)C(=O)NC12CCN(OC)CC2. The van der Waals surface area contributed by atoms with Crippen molar-refractivity contribution in [3.8, 4) is 12.3 Å². The summed E-state index contributed by atoms with van der Waals surface area (Å²) in [6.07, 6.45) is 6.86. The second-order valence-corrected chi connectivity index (χ2v) is 6.66. The Morgan fingerprint density at radius 3 is 2.68 bits per heavy atom. The number of benzene rings is 1. The Morgan fingerprint density at radius 1 is 1.32 bits per heavy atom. The molecule has 132 valence electrons. The molecule has 1 aromatic rings. The number of carbonyl (C=O) groups excluding carboxylic acids is 1. The Hall–Kier alpha value is -2.29. The van der Waals surface area contributed by atoms with Gasteiger partial charge in [-0.25, -0.2) is 0 Å². The number of ether oxygens (including phenoxy) is 1. The molecule has 1 N–H and O–H groups in total. The largest absolute Gasteiger partial charge is 0.482 e. The standard InChI is InChI=1S/C20H24N2O3/c1-5-12-25-18-17(16-13-14(2)6-7-15(16)3)19(23)21-20(18)8-10-22(24-4)11-9-20/h1,6-7,13H,8-12H2,2-4H3,(H,21,23). The lowest BCUT2D eigenvalue weighted by atomic mass is 9.85. The van der Waals surface area contributed by atoms with E-state index >= 15 is 0 Å². The van der Waals surface area contributed by atoms with E-state index in [1.165, 1.54) is 0 Å². The highest BCUT2D eigenvalue weighted by Gasteiger charge is 2.49. The molecule has 0 bridgehead atoms. The van der Waals surface area contributed by atoms with E-state index < -0.39 is 5.54 Å². The average molecular weight is 340 g/mol. The van der Waals surface area contributed by atoms with Crippen LogP contribution in [0.25, 0.3) is 5.57 Å². The van der Waals surface area contributed by atoms with E-state index in [2.05, 4.69) is 11.2 Å². The van der Waals surface area contributed by atoms with Crippen molar-refractivity contribution in [1.29, 1.82) is 0 Å². The Labute approximate surface area is 148 Å². The van der Waals surface area contributed by atoms with E-state index in [0.29, 0.717) is 11.3 Å². The molecule has 2 heterocycles. The summed E-state index contributed by atoms with van der Waals surface area (Å²) in [5.74, 6) is 3.11. The van der Waals surface area contributed by atoms with Crippen LogP contribution in [0, 0.1) is 26.2 Å². The van der Waals surface area contributed by atoms with Crippen LogP contribution < -0.4 is 5.32 Å². The second kappa shape index (κ2) is 6.91. The summed E-state index contributed by atoms with van der Waals surface area (Å²) >= 11 is 0. The number of amides is 1. The third-order valence-corrected chi connectivity index (χ3v) is 5.04. The van der Waals surface area contributed by atoms with Gasteiger partial charge in [-0.2, -0.15) is 5.06 Å². The van der Waals surface area contributed by atoms with Gasteiger partial charge in [0, 0.05) is 13.1 Å². The minimum atomic E-state index is -0.505. The van der Waals surface area contributed by atoms with Gasteiger partial charge >= 0.3 is 0 Å². The number of terminal acetylenes is 1. The zero-order valence-corrected chi connectivity index (χ0v) is 15.0. The van der Waals surface area contributed by atoms with Gasteiger partial charge in [0.05, 0.1) is 12.7 Å². The van der Waals surface area contributed by atoms with E-state index in [9.17, 15) is 4.79 Å². The zero-order chi connectivity index (χ0) is 18.0. The fraction of sp³-hybridized carbons (Fsp3) is 0.450. The van der Waals surface area contributed by atoms with Gasteiger partial charge in [0.15, 0.2) is 0 Å². The normalized spacial score (nSPS) is 19.8. The van der Waals surface area contributed by atoms with Gasteiger partial charge in [0.25, 0.3) is 5.91 Å². The van der Waals surface area contributed by atoms with Crippen molar-refractivity contribution in [1.82, 2.24) is 10.4 Å². The molecule has 0 atom stereocenters. The van der Waals surface area contributed by atoms with Gasteiger partial charge in [-0.15, -0.1) is 6.42 Å². The van der Waals surface area contributed by atoms with Gasteiger partial charge in [0.2, 0.25) is 0 Å². The van der Waals surface area contributed by atoms with E-state index in [1.807, 2.05) is 37.1 Å². The molecule has 1 saturated heterocycles. The van der Waals surface area contributed by atoms with Gasteiger partial charge < -0.3 is 14.9 Å². The maximum Gasteiger partial charge on any atom is 0.256 e. The molecule has 2 aliphatic rings. The molecule has 1 amide bonds. The number of carbonyl (C=O) groups is 1. The van der Waals surface area contributed by atoms with E-state index in [-0.39, 0.29) is 12.5 Å². The van der Waals surface area contributed by atoms with Crippen LogP contribution in [0.3, 0.4) is 0 Å². The van der Waals surface area contributed by atoms with Crippen molar-refractivity contribution in [2.24, 2.45) is 0 Å². The minimum Gasteiger partial charge on any atom is -0.482 e. The predicted octanol–water partition coefficient (Wildman–Crippen LogP) is 2.19. The molecule has 25 heavy (non-hydrogen) atoms. The highest BCUT2D eigenvalue weighted by molar-refractivity contribution is 6.23. The van der Waals surface area contributed by atoms with Crippen molar-refractivity contribution in [2.45, 2.75) is 32.2 Å². The lowest BCUT2D eigenvalue weighted by Crippen LogP contribution is -2.53. The summed E-state index contributed by atoms with van der Waals surface area (Å²) in [5, 5.41) is 5.07. The maximum atomic E-state index is 12.9. The summed E-state index contributed by atoms with van der Waals surface area (Å²) in [6, 6.07) is 6.11. The lowest BCUT2D eigenvalue weighted by Gasteiger charge is -2.39. The van der Waals surface area contributed by atoms with Crippen LogP contribution >= 0.6 is 0 Å². The maximum absolute atomic E-state index is 12.9. The molecule has 0 radical (unpaired) electrons. The third kappa shape index (κ3) is 3.15. The predicted molar refractivity (Wildman–Crippen MR) is 96.3 cm³/mol. The highest BCUT2D eigenvalue weighted by atomic mass is 16.7. The summed E-state index contributed by atoms with van der Waals surface area (Å²) < 4.78 is 5.95. The minimum absolute atomic E-state index is 0.0911. The summed E-state index contributed by atoms with van der Waals surface area (Å²) in [4.78, 5) is 18.2.